The highest BCUT2D eigenvalue weighted by Gasteiger charge is 2.25. The van der Waals surface area contributed by atoms with Crippen molar-refractivity contribution in [1.29, 1.82) is 0 Å². The number of pyridine rings is 1. The Balaban J connectivity index is 1.62. The average molecular weight is 340 g/mol. The van der Waals surface area contributed by atoms with Crippen molar-refractivity contribution in [2.24, 2.45) is 7.05 Å². The van der Waals surface area contributed by atoms with Gasteiger partial charge in [-0.3, -0.25) is 9.59 Å². The summed E-state index contributed by atoms with van der Waals surface area (Å²) in [7, 11) is 1.75. The zero-order valence-corrected chi connectivity index (χ0v) is 15.0. The van der Waals surface area contributed by atoms with Gasteiger partial charge >= 0.3 is 0 Å². The van der Waals surface area contributed by atoms with E-state index in [4.69, 9.17) is 4.74 Å². The largest absolute Gasteiger partial charge is 0.490 e. The van der Waals surface area contributed by atoms with Gasteiger partial charge in [0.2, 0.25) is 0 Å². The van der Waals surface area contributed by atoms with Crippen LogP contribution in [0.3, 0.4) is 0 Å². The van der Waals surface area contributed by atoms with E-state index in [1.54, 1.807) is 11.6 Å². The zero-order valence-electron chi connectivity index (χ0n) is 15.0. The van der Waals surface area contributed by atoms with E-state index in [2.05, 4.69) is 0 Å². The van der Waals surface area contributed by atoms with Gasteiger partial charge in [-0.05, 0) is 31.5 Å². The molecule has 0 bridgehead atoms. The molecule has 0 N–H and O–H groups in total. The van der Waals surface area contributed by atoms with Crippen LogP contribution >= 0.6 is 0 Å². The fourth-order valence-electron chi connectivity index (χ4n) is 3.16. The lowest BCUT2D eigenvalue weighted by Crippen LogP contribution is -2.42. The molecule has 1 aliphatic rings. The molecule has 132 valence electrons. The Labute approximate surface area is 147 Å². The second-order valence-corrected chi connectivity index (χ2v) is 6.65. The van der Waals surface area contributed by atoms with Crippen molar-refractivity contribution in [1.82, 2.24) is 9.47 Å². The van der Waals surface area contributed by atoms with Crippen molar-refractivity contribution in [3.8, 4) is 5.75 Å². The van der Waals surface area contributed by atoms with Crippen LogP contribution in [0.2, 0.25) is 0 Å². The second kappa shape index (κ2) is 7.13. The number of hydrogen-bond donors (Lipinski definition) is 0. The lowest BCUT2D eigenvalue weighted by atomic mass is 10.0. The van der Waals surface area contributed by atoms with Gasteiger partial charge in [0, 0.05) is 50.3 Å². The van der Waals surface area contributed by atoms with E-state index in [-0.39, 0.29) is 17.6 Å². The number of aryl methyl sites for hydroxylation is 2. The van der Waals surface area contributed by atoms with E-state index < -0.39 is 0 Å². The lowest BCUT2D eigenvalue weighted by Gasteiger charge is -2.32. The molecule has 1 fully saturated rings. The number of rotatable bonds is 3. The van der Waals surface area contributed by atoms with Gasteiger partial charge in [-0.1, -0.05) is 18.2 Å². The number of amides is 1. The zero-order chi connectivity index (χ0) is 18.0. The van der Waals surface area contributed by atoms with Crippen LogP contribution in [0.4, 0.5) is 0 Å². The average Bonchev–Trinajstić information content (AvgIpc) is 2.60. The molecule has 0 unspecified atom stereocenters. The van der Waals surface area contributed by atoms with E-state index >= 15 is 0 Å². The Kier molecular flexibility index (Phi) is 4.93. The van der Waals surface area contributed by atoms with Crippen LogP contribution in [0.15, 0.2) is 41.2 Å². The summed E-state index contributed by atoms with van der Waals surface area (Å²) in [6.07, 6.45) is 1.57. The van der Waals surface area contributed by atoms with Crippen molar-refractivity contribution in [3.05, 3.63) is 63.6 Å². The topological polar surface area (TPSA) is 51.5 Å². The van der Waals surface area contributed by atoms with Crippen LogP contribution in [-0.4, -0.2) is 34.6 Å². The van der Waals surface area contributed by atoms with E-state index in [0.717, 1.165) is 29.7 Å². The maximum Gasteiger partial charge on any atom is 0.254 e. The molecular formula is C20H24N2O3. The third kappa shape index (κ3) is 3.76. The number of likely N-dealkylation sites (tertiary alicyclic amines) is 1. The molecular weight excluding hydrogens is 316 g/mol. The van der Waals surface area contributed by atoms with Crippen LogP contribution in [0.25, 0.3) is 0 Å². The van der Waals surface area contributed by atoms with Crippen molar-refractivity contribution >= 4 is 5.91 Å². The van der Waals surface area contributed by atoms with Gasteiger partial charge in [0.25, 0.3) is 11.5 Å². The standard InChI is InChI=1S/C20H24N2O3/c1-14-6-4-5-7-18(14)20(24)22-10-8-16(9-11-22)25-17-12-15(2)21(3)19(23)13-17/h4-7,12-13,16H,8-11H2,1-3H3. The first kappa shape index (κ1) is 17.3. The van der Waals surface area contributed by atoms with Gasteiger partial charge in [-0.2, -0.15) is 0 Å². The van der Waals surface area contributed by atoms with E-state index in [1.165, 1.54) is 6.07 Å². The summed E-state index contributed by atoms with van der Waals surface area (Å²) in [4.78, 5) is 26.4. The van der Waals surface area contributed by atoms with Gasteiger partial charge < -0.3 is 14.2 Å². The Bertz CT molecular complexity index is 833. The maximum atomic E-state index is 12.7. The summed E-state index contributed by atoms with van der Waals surface area (Å²) in [6, 6.07) is 11.1. The molecule has 0 saturated carbocycles. The third-order valence-electron chi connectivity index (χ3n) is 4.88. The quantitative estimate of drug-likeness (QED) is 0.863. The highest BCUT2D eigenvalue weighted by molar-refractivity contribution is 5.95. The predicted octanol–water partition coefficient (Wildman–Crippen LogP) is 2.69. The SMILES string of the molecule is Cc1ccccc1C(=O)N1CCC(Oc2cc(C)n(C)c(=O)c2)CC1. The molecule has 0 aliphatic carbocycles. The van der Waals surface area contributed by atoms with E-state index in [0.29, 0.717) is 18.8 Å². The van der Waals surface area contributed by atoms with Crippen LogP contribution in [0, 0.1) is 13.8 Å². The summed E-state index contributed by atoms with van der Waals surface area (Å²) in [6.45, 7) is 5.18. The molecule has 1 aromatic carbocycles. The number of piperidine rings is 1. The summed E-state index contributed by atoms with van der Waals surface area (Å²) >= 11 is 0. The number of nitrogens with zero attached hydrogens (tertiary/aromatic N) is 2. The lowest BCUT2D eigenvalue weighted by molar-refractivity contribution is 0.0594. The number of aromatic nitrogens is 1. The molecule has 25 heavy (non-hydrogen) atoms. The summed E-state index contributed by atoms with van der Waals surface area (Å²) in [5.41, 5.74) is 2.57. The number of carbonyl (C=O) groups excluding carboxylic acids is 1. The first-order valence-corrected chi connectivity index (χ1v) is 8.65. The molecule has 0 atom stereocenters. The first-order chi connectivity index (χ1) is 12.0. The number of ether oxygens (including phenoxy) is 1. The molecule has 1 amide bonds. The summed E-state index contributed by atoms with van der Waals surface area (Å²) in [5.74, 6) is 0.699. The maximum absolute atomic E-state index is 12.7. The molecule has 5 heteroatoms. The van der Waals surface area contributed by atoms with Crippen LogP contribution in [0.5, 0.6) is 5.75 Å². The van der Waals surface area contributed by atoms with Gasteiger partial charge in [0.1, 0.15) is 11.9 Å². The molecule has 1 saturated heterocycles. The third-order valence-corrected chi connectivity index (χ3v) is 4.88. The Morgan fingerprint density at radius 3 is 2.44 bits per heavy atom. The van der Waals surface area contributed by atoms with Gasteiger partial charge in [0.15, 0.2) is 0 Å². The minimum atomic E-state index is -0.0674. The minimum Gasteiger partial charge on any atom is -0.490 e. The normalized spacial score (nSPS) is 15.2. The van der Waals surface area contributed by atoms with Gasteiger partial charge in [0.05, 0.1) is 0 Å². The van der Waals surface area contributed by atoms with Crippen LogP contribution in [-0.2, 0) is 7.05 Å². The monoisotopic (exact) mass is 340 g/mol. The fourth-order valence-corrected chi connectivity index (χ4v) is 3.16. The number of carbonyl (C=O) groups is 1. The molecule has 0 spiro atoms. The molecule has 1 aromatic heterocycles. The predicted molar refractivity (Wildman–Crippen MR) is 97.2 cm³/mol. The second-order valence-electron chi connectivity index (χ2n) is 6.65. The summed E-state index contributed by atoms with van der Waals surface area (Å²) < 4.78 is 7.57. The van der Waals surface area contributed by atoms with Crippen LogP contribution < -0.4 is 10.3 Å². The molecule has 2 aromatic rings. The fraction of sp³-hybridized carbons (Fsp3) is 0.400. The Morgan fingerprint density at radius 2 is 1.80 bits per heavy atom. The smallest absolute Gasteiger partial charge is 0.254 e. The number of hydrogen-bond acceptors (Lipinski definition) is 3. The highest BCUT2D eigenvalue weighted by Crippen LogP contribution is 2.20. The molecule has 1 aliphatic heterocycles. The molecule has 3 rings (SSSR count). The van der Waals surface area contributed by atoms with E-state index in [9.17, 15) is 9.59 Å². The highest BCUT2D eigenvalue weighted by atomic mass is 16.5. The van der Waals surface area contributed by atoms with Gasteiger partial charge in [-0.25, -0.2) is 0 Å². The molecule has 5 nitrogen and oxygen atoms in total. The minimum absolute atomic E-state index is 0.0347. The molecule has 2 heterocycles. The van der Waals surface area contributed by atoms with Crippen molar-refractivity contribution in [2.45, 2.75) is 32.8 Å². The van der Waals surface area contributed by atoms with Crippen molar-refractivity contribution in [2.75, 3.05) is 13.1 Å². The van der Waals surface area contributed by atoms with Crippen molar-refractivity contribution in [3.63, 3.8) is 0 Å². The number of benzene rings is 1. The van der Waals surface area contributed by atoms with Crippen LogP contribution in [0.1, 0.15) is 34.5 Å². The molecule has 0 radical (unpaired) electrons. The Hall–Kier alpha value is -2.56. The van der Waals surface area contributed by atoms with Crippen molar-refractivity contribution < 1.29 is 9.53 Å². The summed E-state index contributed by atoms with van der Waals surface area (Å²) in [5, 5.41) is 0. The van der Waals surface area contributed by atoms with Gasteiger partial charge in [-0.15, -0.1) is 0 Å². The van der Waals surface area contributed by atoms with E-state index in [1.807, 2.05) is 49.1 Å². The first-order valence-electron chi connectivity index (χ1n) is 8.65. The Morgan fingerprint density at radius 1 is 1.12 bits per heavy atom.